The van der Waals surface area contributed by atoms with Crippen molar-refractivity contribution in [2.75, 3.05) is 18.4 Å². The van der Waals surface area contributed by atoms with E-state index in [2.05, 4.69) is 33.7 Å². The lowest BCUT2D eigenvalue weighted by Gasteiger charge is -2.17. The standard InChI is InChI=1S/C20H25N7O2/c1-3-5-17-16(11-22-27(17)15-7-4-6-14(2)10-15)23-20(29)25-12-18(19(28)13-25)26-9-8-21-24-26/h4,6-11,18-19,28H,3,5,12-13H2,1-2H3,(H,23,29)/t18-,19-/m1/s1. The summed E-state index contributed by atoms with van der Waals surface area (Å²) in [5.41, 5.74) is 3.77. The Hall–Kier alpha value is -3.20. The quantitative estimate of drug-likeness (QED) is 0.690. The van der Waals surface area contributed by atoms with Gasteiger partial charge in [0.1, 0.15) is 0 Å². The fourth-order valence-electron chi connectivity index (χ4n) is 3.72. The van der Waals surface area contributed by atoms with E-state index < -0.39 is 6.10 Å². The van der Waals surface area contributed by atoms with E-state index in [0.717, 1.165) is 29.8 Å². The van der Waals surface area contributed by atoms with E-state index in [0.29, 0.717) is 12.2 Å². The van der Waals surface area contributed by atoms with Gasteiger partial charge in [-0.25, -0.2) is 14.2 Å². The van der Waals surface area contributed by atoms with Gasteiger partial charge in [-0.2, -0.15) is 5.10 Å². The first-order chi connectivity index (χ1) is 14.1. The molecule has 3 aromatic rings. The van der Waals surface area contributed by atoms with Crippen molar-refractivity contribution in [1.82, 2.24) is 29.7 Å². The fourth-order valence-corrected chi connectivity index (χ4v) is 3.72. The second-order valence-electron chi connectivity index (χ2n) is 7.36. The number of rotatable bonds is 5. The van der Waals surface area contributed by atoms with Crippen molar-refractivity contribution in [3.05, 3.63) is 54.1 Å². The van der Waals surface area contributed by atoms with Crippen molar-refractivity contribution in [3.63, 3.8) is 0 Å². The van der Waals surface area contributed by atoms with Crippen LogP contribution in [0.2, 0.25) is 0 Å². The first-order valence-electron chi connectivity index (χ1n) is 9.80. The van der Waals surface area contributed by atoms with Crippen LogP contribution in [-0.2, 0) is 6.42 Å². The van der Waals surface area contributed by atoms with Gasteiger partial charge in [-0.15, -0.1) is 5.10 Å². The molecule has 0 saturated carbocycles. The van der Waals surface area contributed by atoms with Gasteiger partial charge in [-0.05, 0) is 31.0 Å². The third-order valence-corrected chi connectivity index (χ3v) is 5.17. The summed E-state index contributed by atoms with van der Waals surface area (Å²) < 4.78 is 3.47. The Morgan fingerprint density at radius 3 is 2.93 bits per heavy atom. The molecule has 1 aliphatic heterocycles. The van der Waals surface area contributed by atoms with E-state index in [1.165, 1.54) is 0 Å². The van der Waals surface area contributed by atoms with Crippen LogP contribution in [0.25, 0.3) is 5.69 Å². The van der Waals surface area contributed by atoms with E-state index in [4.69, 9.17) is 0 Å². The fraction of sp³-hybridized carbons (Fsp3) is 0.400. The number of aromatic nitrogens is 5. The van der Waals surface area contributed by atoms with Gasteiger partial charge in [0.25, 0.3) is 0 Å². The Bertz CT molecular complexity index is 983. The number of aryl methyl sites for hydroxylation is 1. The van der Waals surface area contributed by atoms with E-state index in [-0.39, 0.29) is 18.6 Å². The van der Waals surface area contributed by atoms with Crippen LogP contribution >= 0.6 is 0 Å². The predicted molar refractivity (Wildman–Crippen MR) is 108 cm³/mol. The van der Waals surface area contributed by atoms with Crippen molar-refractivity contribution in [1.29, 1.82) is 0 Å². The number of β-amino-alcohol motifs (C(OH)–C–C–N with tert-alkyl or cyclic N) is 1. The Morgan fingerprint density at radius 1 is 1.34 bits per heavy atom. The first-order valence-corrected chi connectivity index (χ1v) is 9.80. The van der Waals surface area contributed by atoms with E-state index in [1.54, 1.807) is 28.2 Å². The number of carbonyl (C=O) groups is 1. The lowest BCUT2D eigenvalue weighted by atomic mass is 10.2. The zero-order valence-corrected chi connectivity index (χ0v) is 16.6. The second-order valence-corrected chi connectivity index (χ2v) is 7.36. The molecule has 2 amide bonds. The van der Waals surface area contributed by atoms with E-state index in [9.17, 15) is 9.90 Å². The molecule has 9 heteroatoms. The lowest BCUT2D eigenvalue weighted by Crippen LogP contribution is -2.34. The van der Waals surface area contributed by atoms with Crippen molar-refractivity contribution >= 4 is 11.7 Å². The molecule has 0 aliphatic carbocycles. The van der Waals surface area contributed by atoms with Crippen LogP contribution in [0.3, 0.4) is 0 Å². The van der Waals surface area contributed by atoms with Crippen molar-refractivity contribution < 1.29 is 9.90 Å². The minimum absolute atomic E-state index is 0.242. The minimum Gasteiger partial charge on any atom is -0.389 e. The summed E-state index contributed by atoms with van der Waals surface area (Å²) in [7, 11) is 0. The smallest absolute Gasteiger partial charge is 0.322 e. The first kappa shape index (κ1) is 19.1. The summed E-state index contributed by atoms with van der Waals surface area (Å²) in [5, 5.41) is 25.5. The van der Waals surface area contributed by atoms with Gasteiger partial charge in [0.2, 0.25) is 0 Å². The maximum absolute atomic E-state index is 12.9. The SMILES string of the molecule is CCCc1c(NC(=O)N2C[C@@H](O)[C@H](n3ccnn3)C2)cnn1-c1cccc(C)c1. The molecule has 0 unspecified atom stereocenters. The molecular formula is C20H25N7O2. The maximum atomic E-state index is 12.9. The molecule has 29 heavy (non-hydrogen) atoms. The van der Waals surface area contributed by atoms with Crippen LogP contribution < -0.4 is 5.32 Å². The van der Waals surface area contributed by atoms with Gasteiger partial charge in [-0.3, -0.25) is 0 Å². The number of nitrogens with zero attached hydrogens (tertiary/aromatic N) is 6. The predicted octanol–water partition coefficient (Wildman–Crippen LogP) is 2.17. The highest BCUT2D eigenvalue weighted by Crippen LogP contribution is 2.25. The zero-order valence-electron chi connectivity index (χ0n) is 16.6. The summed E-state index contributed by atoms with van der Waals surface area (Å²) in [6.45, 7) is 4.75. The van der Waals surface area contributed by atoms with Gasteiger partial charge in [0.15, 0.2) is 0 Å². The number of urea groups is 1. The molecule has 4 rings (SSSR count). The molecule has 0 spiro atoms. The number of amides is 2. The number of anilines is 1. The summed E-state index contributed by atoms with van der Waals surface area (Å²) in [6, 6.07) is 7.55. The largest absolute Gasteiger partial charge is 0.389 e. The molecule has 1 aliphatic rings. The molecular weight excluding hydrogens is 370 g/mol. The van der Waals surface area contributed by atoms with Gasteiger partial charge in [0.05, 0.1) is 48.2 Å². The highest BCUT2D eigenvalue weighted by Gasteiger charge is 2.36. The summed E-state index contributed by atoms with van der Waals surface area (Å²) in [6.07, 6.45) is 5.97. The van der Waals surface area contributed by atoms with Gasteiger partial charge in [-0.1, -0.05) is 30.7 Å². The number of benzene rings is 1. The monoisotopic (exact) mass is 395 g/mol. The average molecular weight is 395 g/mol. The van der Waals surface area contributed by atoms with Crippen LogP contribution in [0.15, 0.2) is 42.9 Å². The molecule has 3 heterocycles. The zero-order chi connectivity index (χ0) is 20.4. The molecule has 1 aromatic carbocycles. The second kappa shape index (κ2) is 8.04. The van der Waals surface area contributed by atoms with Crippen molar-refractivity contribution in [2.24, 2.45) is 0 Å². The van der Waals surface area contributed by atoms with Gasteiger partial charge >= 0.3 is 6.03 Å². The lowest BCUT2D eigenvalue weighted by molar-refractivity contribution is 0.139. The molecule has 2 aromatic heterocycles. The minimum atomic E-state index is -0.687. The summed E-state index contributed by atoms with van der Waals surface area (Å²) in [4.78, 5) is 14.4. The van der Waals surface area contributed by atoms with Gasteiger partial charge < -0.3 is 15.3 Å². The van der Waals surface area contributed by atoms with Gasteiger partial charge in [0, 0.05) is 12.7 Å². The molecule has 2 N–H and O–H groups in total. The van der Waals surface area contributed by atoms with Crippen molar-refractivity contribution in [2.45, 2.75) is 38.8 Å². The van der Waals surface area contributed by atoms with E-state index in [1.807, 2.05) is 29.8 Å². The number of aliphatic hydroxyl groups excluding tert-OH is 1. The maximum Gasteiger partial charge on any atom is 0.322 e. The Kier molecular flexibility index (Phi) is 5.30. The number of hydrogen-bond acceptors (Lipinski definition) is 5. The average Bonchev–Trinajstić information content (AvgIpc) is 3.43. The molecule has 1 fully saturated rings. The number of hydrogen-bond donors (Lipinski definition) is 2. The summed E-state index contributed by atoms with van der Waals surface area (Å²) in [5.74, 6) is 0. The third-order valence-electron chi connectivity index (χ3n) is 5.17. The molecule has 152 valence electrons. The number of nitrogens with one attached hydrogen (secondary N) is 1. The molecule has 0 bridgehead atoms. The highest BCUT2D eigenvalue weighted by molar-refractivity contribution is 5.90. The highest BCUT2D eigenvalue weighted by atomic mass is 16.3. The van der Waals surface area contributed by atoms with Crippen molar-refractivity contribution in [3.8, 4) is 5.69 Å². The Morgan fingerprint density at radius 2 is 2.21 bits per heavy atom. The van der Waals surface area contributed by atoms with E-state index >= 15 is 0 Å². The number of likely N-dealkylation sites (tertiary alicyclic amines) is 1. The number of carbonyl (C=O) groups excluding carboxylic acids is 1. The topological polar surface area (TPSA) is 101 Å². The molecule has 0 radical (unpaired) electrons. The molecule has 2 atom stereocenters. The Balaban J connectivity index is 1.53. The van der Waals surface area contributed by atoms with Crippen LogP contribution in [0.1, 0.15) is 30.6 Å². The summed E-state index contributed by atoms with van der Waals surface area (Å²) >= 11 is 0. The normalized spacial score (nSPS) is 18.9. The van der Waals surface area contributed by atoms with Crippen LogP contribution in [0.5, 0.6) is 0 Å². The molecule has 9 nitrogen and oxygen atoms in total. The van der Waals surface area contributed by atoms with Crippen LogP contribution in [0, 0.1) is 6.92 Å². The third kappa shape index (κ3) is 3.86. The van der Waals surface area contributed by atoms with Crippen LogP contribution in [0.4, 0.5) is 10.5 Å². The molecule has 1 saturated heterocycles. The number of aliphatic hydroxyl groups is 1. The van der Waals surface area contributed by atoms with Crippen LogP contribution in [-0.4, -0.2) is 60.0 Å². The Labute approximate surface area is 168 Å².